The summed E-state index contributed by atoms with van der Waals surface area (Å²) in [6.45, 7) is 11.7. The lowest BCUT2D eigenvalue weighted by atomic mass is 9.98. The zero-order valence-corrected chi connectivity index (χ0v) is 14.5. The third-order valence-corrected chi connectivity index (χ3v) is 3.26. The highest BCUT2D eigenvalue weighted by molar-refractivity contribution is 5.73. The molecule has 0 aliphatic heterocycles. The van der Waals surface area contributed by atoms with E-state index in [2.05, 4.69) is 25.7 Å². The molecule has 0 amide bonds. The number of allylic oxidation sites excluding steroid dienone is 3. The molecule has 0 N–H and O–H groups in total. The van der Waals surface area contributed by atoms with E-state index in [1.54, 1.807) is 0 Å². The zero-order chi connectivity index (χ0) is 16.1. The second-order valence-electron chi connectivity index (χ2n) is 6.65. The maximum Gasteiger partial charge on any atom is 0.309 e. The first-order valence-electron chi connectivity index (χ1n) is 8.39. The van der Waals surface area contributed by atoms with Crippen molar-refractivity contribution in [3.63, 3.8) is 0 Å². The van der Waals surface area contributed by atoms with E-state index in [0.29, 0.717) is 6.42 Å². The van der Waals surface area contributed by atoms with E-state index in [0.717, 1.165) is 19.3 Å². The van der Waals surface area contributed by atoms with Gasteiger partial charge in [-0.3, -0.25) is 4.79 Å². The number of rotatable bonds is 11. The molecule has 0 aliphatic carbocycles. The number of hydrogen-bond acceptors (Lipinski definition) is 2. The van der Waals surface area contributed by atoms with Gasteiger partial charge in [-0.2, -0.15) is 0 Å². The van der Waals surface area contributed by atoms with Gasteiger partial charge in [0.25, 0.3) is 0 Å². The first kappa shape index (κ1) is 19.9. The summed E-state index contributed by atoms with van der Waals surface area (Å²) < 4.78 is 5.46. The van der Waals surface area contributed by atoms with Crippen molar-refractivity contribution in [2.75, 3.05) is 0 Å². The average Bonchev–Trinajstić information content (AvgIpc) is 2.38. The van der Waals surface area contributed by atoms with Gasteiger partial charge in [0.1, 0.15) is 5.60 Å². The molecule has 0 spiro atoms. The summed E-state index contributed by atoms with van der Waals surface area (Å²) in [5, 5.41) is 0. The number of carbonyl (C=O) groups is 1. The number of esters is 1. The maximum atomic E-state index is 12.1. The Labute approximate surface area is 131 Å². The standard InChI is InChI=1S/C19H34O2/c1-6-8-9-10-11-12-13-14-16-17(15-7-2)18(20)21-19(3,4)5/h7,12-13,17H,2,6,8-11,14-16H2,1,3-5H3. The summed E-state index contributed by atoms with van der Waals surface area (Å²) in [6, 6.07) is 0. The minimum atomic E-state index is -0.411. The van der Waals surface area contributed by atoms with Gasteiger partial charge in [0, 0.05) is 0 Å². The number of ether oxygens (including phenoxy) is 1. The molecule has 0 fully saturated rings. The molecule has 21 heavy (non-hydrogen) atoms. The van der Waals surface area contributed by atoms with Crippen LogP contribution in [0.25, 0.3) is 0 Å². The minimum Gasteiger partial charge on any atom is -0.460 e. The average molecular weight is 294 g/mol. The third kappa shape index (κ3) is 12.4. The van der Waals surface area contributed by atoms with Gasteiger partial charge in [-0.05, 0) is 52.9 Å². The third-order valence-electron chi connectivity index (χ3n) is 3.26. The number of hydrogen-bond donors (Lipinski definition) is 0. The Morgan fingerprint density at radius 2 is 1.81 bits per heavy atom. The van der Waals surface area contributed by atoms with Crippen molar-refractivity contribution in [3.8, 4) is 0 Å². The lowest BCUT2D eigenvalue weighted by Crippen LogP contribution is -2.28. The molecule has 0 heterocycles. The molecule has 0 bridgehead atoms. The Bertz CT molecular complexity index is 310. The van der Waals surface area contributed by atoms with Crippen molar-refractivity contribution in [2.45, 2.75) is 84.7 Å². The van der Waals surface area contributed by atoms with Crippen LogP contribution < -0.4 is 0 Å². The van der Waals surface area contributed by atoms with Crippen LogP contribution in [0.2, 0.25) is 0 Å². The molecule has 1 unspecified atom stereocenters. The normalized spacial score (nSPS) is 13.3. The van der Waals surface area contributed by atoms with Crippen LogP contribution in [-0.4, -0.2) is 11.6 Å². The molecule has 2 heteroatoms. The fourth-order valence-electron chi connectivity index (χ4n) is 2.14. The summed E-state index contributed by atoms with van der Waals surface area (Å²) in [4.78, 5) is 12.1. The van der Waals surface area contributed by atoms with E-state index in [1.165, 1.54) is 25.7 Å². The quantitative estimate of drug-likeness (QED) is 0.272. The highest BCUT2D eigenvalue weighted by Gasteiger charge is 2.23. The zero-order valence-electron chi connectivity index (χ0n) is 14.5. The van der Waals surface area contributed by atoms with Crippen molar-refractivity contribution < 1.29 is 9.53 Å². The molecular formula is C19H34O2. The SMILES string of the molecule is C=CCC(CCC=CCCCCCC)C(=O)OC(C)(C)C. The van der Waals surface area contributed by atoms with Crippen molar-refractivity contribution in [1.82, 2.24) is 0 Å². The van der Waals surface area contributed by atoms with Gasteiger partial charge in [0.2, 0.25) is 0 Å². The minimum absolute atomic E-state index is 0.0635. The maximum absolute atomic E-state index is 12.1. The van der Waals surface area contributed by atoms with Crippen LogP contribution in [0.5, 0.6) is 0 Å². The monoisotopic (exact) mass is 294 g/mol. The Hall–Kier alpha value is -1.05. The number of carbonyl (C=O) groups excluding carboxylic acids is 1. The number of unbranched alkanes of at least 4 members (excludes halogenated alkanes) is 4. The van der Waals surface area contributed by atoms with E-state index in [9.17, 15) is 4.79 Å². The highest BCUT2D eigenvalue weighted by atomic mass is 16.6. The molecule has 0 rings (SSSR count). The Balaban J connectivity index is 4.01. The van der Waals surface area contributed by atoms with E-state index in [-0.39, 0.29) is 11.9 Å². The van der Waals surface area contributed by atoms with Crippen LogP contribution in [0, 0.1) is 5.92 Å². The second-order valence-corrected chi connectivity index (χ2v) is 6.65. The van der Waals surface area contributed by atoms with Crippen molar-refractivity contribution in [1.29, 1.82) is 0 Å². The molecule has 0 aliphatic rings. The molecule has 2 nitrogen and oxygen atoms in total. The van der Waals surface area contributed by atoms with E-state index in [1.807, 2.05) is 26.8 Å². The van der Waals surface area contributed by atoms with Gasteiger partial charge in [-0.15, -0.1) is 6.58 Å². The van der Waals surface area contributed by atoms with Gasteiger partial charge in [0.05, 0.1) is 5.92 Å². The van der Waals surface area contributed by atoms with E-state index >= 15 is 0 Å². The molecule has 0 aromatic carbocycles. The van der Waals surface area contributed by atoms with Crippen LogP contribution in [0.4, 0.5) is 0 Å². The summed E-state index contributed by atoms with van der Waals surface area (Å²) in [6.07, 6.45) is 15.1. The van der Waals surface area contributed by atoms with Gasteiger partial charge in [-0.25, -0.2) is 0 Å². The summed E-state index contributed by atoms with van der Waals surface area (Å²) in [5.74, 6) is -0.162. The van der Waals surface area contributed by atoms with Crippen molar-refractivity contribution in [3.05, 3.63) is 24.8 Å². The molecule has 0 saturated heterocycles. The Morgan fingerprint density at radius 3 is 2.38 bits per heavy atom. The second kappa shape index (κ2) is 11.6. The van der Waals surface area contributed by atoms with Crippen LogP contribution in [-0.2, 0) is 9.53 Å². The van der Waals surface area contributed by atoms with Crippen LogP contribution in [0.3, 0.4) is 0 Å². The Morgan fingerprint density at radius 1 is 1.14 bits per heavy atom. The predicted molar refractivity (Wildman–Crippen MR) is 91.3 cm³/mol. The largest absolute Gasteiger partial charge is 0.460 e. The topological polar surface area (TPSA) is 26.3 Å². The van der Waals surface area contributed by atoms with Gasteiger partial charge >= 0.3 is 5.97 Å². The molecule has 0 radical (unpaired) electrons. The molecule has 122 valence electrons. The van der Waals surface area contributed by atoms with Gasteiger partial charge < -0.3 is 4.74 Å². The van der Waals surface area contributed by atoms with Gasteiger partial charge in [-0.1, -0.05) is 44.4 Å². The van der Waals surface area contributed by atoms with E-state index < -0.39 is 5.60 Å². The lowest BCUT2D eigenvalue weighted by Gasteiger charge is -2.23. The molecule has 0 saturated carbocycles. The Kier molecular flexibility index (Phi) is 11.0. The van der Waals surface area contributed by atoms with Crippen LogP contribution >= 0.6 is 0 Å². The first-order valence-corrected chi connectivity index (χ1v) is 8.39. The van der Waals surface area contributed by atoms with Gasteiger partial charge in [0.15, 0.2) is 0 Å². The van der Waals surface area contributed by atoms with Crippen molar-refractivity contribution >= 4 is 5.97 Å². The predicted octanol–water partition coefficient (Wildman–Crippen LogP) is 5.83. The fourth-order valence-corrected chi connectivity index (χ4v) is 2.14. The van der Waals surface area contributed by atoms with Crippen molar-refractivity contribution in [2.24, 2.45) is 5.92 Å². The highest BCUT2D eigenvalue weighted by Crippen LogP contribution is 2.19. The summed E-state index contributed by atoms with van der Waals surface area (Å²) >= 11 is 0. The smallest absolute Gasteiger partial charge is 0.309 e. The first-order chi connectivity index (χ1) is 9.90. The van der Waals surface area contributed by atoms with Crippen LogP contribution in [0.15, 0.2) is 24.8 Å². The van der Waals surface area contributed by atoms with E-state index in [4.69, 9.17) is 4.74 Å². The molecule has 0 aromatic rings. The molecular weight excluding hydrogens is 260 g/mol. The fraction of sp³-hybridized carbons (Fsp3) is 0.737. The molecule has 0 aromatic heterocycles. The lowest BCUT2D eigenvalue weighted by molar-refractivity contribution is -0.160. The molecule has 1 atom stereocenters. The summed E-state index contributed by atoms with van der Waals surface area (Å²) in [5.41, 5.74) is -0.411. The van der Waals surface area contributed by atoms with Crippen LogP contribution in [0.1, 0.15) is 79.1 Å². The summed E-state index contributed by atoms with van der Waals surface area (Å²) in [7, 11) is 0.